The molecule has 1 aromatic carbocycles. The van der Waals surface area contributed by atoms with Crippen molar-refractivity contribution in [3.8, 4) is 0 Å². The van der Waals surface area contributed by atoms with Crippen molar-refractivity contribution in [2.24, 2.45) is 5.41 Å². The standard InChI is InChI=1S/C17H25N3O4S.ClH/c1-17(4-6-18-7-5-17)12-19-16(21)9-20-25(22,23)15-3-2-13-10-24-11-14(13)8-15;/h2-3,8,18,20H,4-7,9-12H2,1H3,(H,19,21);1H. The molecule has 1 amide bonds. The molecule has 26 heavy (non-hydrogen) atoms. The van der Waals surface area contributed by atoms with Gasteiger partial charge in [0.05, 0.1) is 24.7 Å². The van der Waals surface area contributed by atoms with E-state index in [1.54, 1.807) is 18.2 Å². The summed E-state index contributed by atoms with van der Waals surface area (Å²) in [7, 11) is -3.71. The van der Waals surface area contributed by atoms with Crippen LogP contribution in [0.2, 0.25) is 0 Å². The van der Waals surface area contributed by atoms with Gasteiger partial charge in [0.1, 0.15) is 0 Å². The van der Waals surface area contributed by atoms with Crippen molar-refractivity contribution in [1.29, 1.82) is 0 Å². The van der Waals surface area contributed by atoms with Gasteiger partial charge < -0.3 is 15.4 Å². The number of rotatable bonds is 6. The molecule has 1 aromatic rings. The maximum Gasteiger partial charge on any atom is 0.241 e. The smallest absolute Gasteiger partial charge is 0.241 e. The molecule has 0 saturated carbocycles. The van der Waals surface area contributed by atoms with Crippen LogP contribution in [0.15, 0.2) is 23.1 Å². The van der Waals surface area contributed by atoms with E-state index in [9.17, 15) is 13.2 Å². The second-order valence-electron chi connectivity index (χ2n) is 7.09. The molecule has 7 nitrogen and oxygen atoms in total. The number of halogens is 1. The largest absolute Gasteiger partial charge is 0.372 e. The summed E-state index contributed by atoms with van der Waals surface area (Å²) in [5.41, 5.74) is 1.96. The fourth-order valence-corrected chi connectivity index (χ4v) is 4.17. The zero-order valence-electron chi connectivity index (χ0n) is 14.8. The third-order valence-corrected chi connectivity index (χ3v) is 6.35. The normalized spacial score (nSPS) is 18.7. The third kappa shape index (κ3) is 5.17. The minimum absolute atomic E-state index is 0. The number of fused-ring (bicyclic) bond motifs is 1. The van der Waals surface area contributed by atoms with Gasteiger partial charge in [0.2, 0.25) is 15.9 Å². The molecule has 1 fully saturated rings. The molecule has 0 radical (unpaired) electrons. The molecule has 146 valence electrons. The van der Waals surface area contributed by atoms with Crippen molar-refractivity contribution in [2.75, 3.05) is 26.2 Å². The summed E-state index contributed by atoms with van der Waals surface area (Å²) in [4.78, 5) is 12.2. The molecular formula is C17H26ClN3O4S. The van der Waals surface area contributed by atoms with Gasteiger partial charge in [-0.1, -0.05) is 13.0 Å². The average Bonchev–Trinajstić information content (AvgIpc) is 3.07. The van der Waals surface area contributed by atoms with E-state index in [2.05, 4.69) is 22.3 Å². The van der Waals surface area contributed by atoms with Gasteiger partial charge in [0, 0.05) is 6.54 Å². The quantitative estimate of drug-likeness (QED) is 0.656. The van der Waals surface area contributed by atoms with Crippen LogP contribution < -0.4 is 15.4 Å². The summed E-state index contributed by atoms with van der Waals surface area (Å²) in [5, 5.41) is 6.14. The van der Waals surface area contributed by atoms with Gasteiger partial charge in [-0.2, -0.15) is 0 Å². The number of amides is 1. The molecule has 2 aliphatic rings. The van der Waals surface area contributed by atoms with Crippen molar-refractivity contribution in [3.05, 3.63) is 29.3 Å². The number of carbonyl (C=O) groups is 1. The molecule has 0 aliphatic carbocycles. The highest BCUT2D eigenvalue weighted by atomic mass is 35.5. The van der Waals surface area contributed by atoms with Gasteiger partial charge in [-0.25, -0.2) is 13.1 Å². The Kier molecular flexibility index (Phi) is 7.04. The van der Waals surface area contributed by atoms with Crippen molar-refractivity contribution in [1.82, 2.24) is 15.4 Å². The number of sulfonamides is 1. The first-order valence-corrected chi connectivity index (χ1v) is 10.0. The van der Waals surface area contributed by atoms with E-state index in [-0.39, 0.29) is 35.2 Å². The van der Waals surface area contributed by atoms with Gasteiger partial charge >= 0.3 is 0 Å². The van der Waals surface area contributed by atoms with Crippen LogP contribution in [0.5, 0.6) is 0 Å². The molecule has 1 saturated heterocycles. The Hall–Kier alpha value is -1.19. The highest BCUT2D eigenvalue weighted by Crippen LogP contribution is 2.26. The van der Waals surface area contributed by atoms with Crippen LogP contribution in [0.3, 0.4) is 0 Å². The molecule has 0 atom stereocenters. The SMILES string of the molecule is CC1(CNC(=O)CNS(=O)(=O)c2ccc3c(c2)COC3)CCNCC1.Cl. The maximum absolute atomic E-state index is 12.4. The Balaban J connectivity index is 0.00000243. The van der Waals surface area contributed by atoms with Crippen LogP contribution in [0.25, 0.3) is 0 Å². The predicted octanol–water partition coefficient (Wildman–Crippen LogP) is 0.923. The summed E-state index contributed by atoms with van der Waals surface area (Å²) < 4.78 is 32.4. The molecule has 2 aliphatic heterocycles. The molecule has 0 spiro atoms. The third-order valence-electron chi connectivity index (χ3n) is 4.95. The van der Waals surface area contributed by atoms with Crippen LogP contribution in [-0.4, -0.2) is 40.5 Å². The minimum atomic E-state index is -3.71. The van der Waals surface area contributed by atoms with Crippen molar-refractivity contribution in [2.45, 2.75) is 37.9 Å². The van der Waals surface area contributed by atoms with Crippen LogP contribution in [0, 0.1) is 5.41 Å². The van der Waals surface area contributed by atoms with E-state index in [0.717, 1.165) is 37.1 Å². The fraction of sp³-hybridized carbons (Fsp3) is 0.588. The Morgan fingerprint density at radius 3 is 2.65 bits per heavy atom. The highest BCUT2D eigenvalue weighted by Gasteiger charge is 2.27. The number of benzene rings is 1. The van der Waals surface area contributed by atoms with E-state index < -0.39 is 10.0 Å². The van der Waals surface area contributed by atoms with Crippen LogP contribution >= 0.6 is 12.4 Å². The van der Waals surface area contributed by atoms with Crippen LogP contribution in [-0.2, 0) is 32.8 Å². The van der Waals surface area contributed by atoms with Crippen LogP contribution in [0.1, 0.15) is 30.9 Å². The highest BCUT2D eigenvalue weighted by molar-refractivity contribution is 7.89. The molecule has 2 heterocycles. The van der Waals surface area contributed by atoms with Gasteiger partial charge in [0.15, 0.2) is 0 Å². The van der Waals surface area contributed by atoms with Gasteiger partial charge in [-0.05, 0) is 54.6 Å². The number of ether oxygens (including phenoxy) is 1. The number of carbonyl (C=O) groups excluding carboxylic acids is 1. The topological polar surface area (TPSA) is 96.5 Å². The lowest BCUT2D eigenvalue weighted by atomic mass is 9.81. The molecule has 3 rings (SSSR count). The lowest BCUT2D eigenvalue weighted by Gasteiger charge is -2.34. The Morgan fingerprint density at radius 2 is 1.92 bits per heavy atom. The van der Waals surface area contributed by atoms with E-state index in [0.29, 0.717) is 19.8 Å². The second-order valence-corrected chi connectivity index (χ2v) is 8.85. The predicted molar refractivity (Wildman–Crippen MR) is 101 cm³/mol. The first kappa shape index (κ1) is 21.1. The lowest BCUT2D eigenvalue weighted by molar-refractivity contribution is -0.120. The van der Waals surface area contributed by atoms with Gasteiger partial charge in [-0.3, -0.25) is 4.79 Å². The number of nitrogens with one attached hydrogen (secondary N) is 3. The summed E-state index contributed by atoms with van der Waals surface area (Å²) >= 11 is 0. The zero-order chi connectivity index (χ0) is 17.9. The van der Waals surface area contributed by atoms with E-state index in [1.807, 2.05) is 0 Å². The Labute approximate surface area is 160 Å². The monoisotopic (exact) mass is 403 g/mol. The van der Waals surface area contributed by atoms with Crippen molar-refractivity contribution >= 4 is 28.3 Å². The molecule has 3 N–H and O–H groups in total. The summed E-state index contributed by atoms with van der Waals surface area (Å²) in [5.74, 6) is -0.312. The number of hydrogen-bond donors (Lipinski definition) is 3. The first-order valence-electron chi connectivity index (χ1n) is 8.55. The summed E-state index contributed by atoms with van der Waals surface area (Å²) in [6.07, 6.45) is 1.99. The molecule has 0 aromatic heterocycles. The van der Waals surface area contributed by atoms with Crippen LogP contribution in [0.4, 0.5) is 0 Å². The summed E-state index contributed by atoms with van der Waals surface area (Å²) in [6.45, 7) is 5.27. The lowest BCUT2D eigenvalue weighted by Crippen LogP contribution is -2.45. The fourth-order valence-electron chi connectivity index (χ4n) is 3.14. The first-order chi connectivity index (χ1) is 11.9. The Bertz CT molecular complexity index is 748. The zero-order valence-corrected chi connectivity index (χ0v) is 16.5. The average molecular weight is 404 g/mol. The molecule has 0 bridgehead atoms. The number of hydrogen-bond acceptors (Lipinski definition) is 5. The maximum atomic E-state index is 12.4. The van der Waals surface area contributed by atoms with E-state index in [4.69, 9.17) is 4.74 Å². The van der Waals surface area contributed by atoms with Gasteiger partial charge in [0.25, 0.3) is 0 Å². The summed E-state index contributed by atoms with van der Waals surface area (Å²) in [6, 6.07) is 4.91. The van der Waals surface area contributed by atoms with E-state index in [1.165, 1.54) is 0 Å². The molecule has 0 unspecified atom stereocenters. The number of piperidine rings is 1. The van der Waals surface area contributed by atoms with Gasteiger partial charge in [-0.15, -0.1) is 12.4 Å². The Morgan fingerprint density at radius 1 is 1.23 bits per heavy atom. The second kappa shape index (κ2) is 8.67. The van der Waals surface area contributed by atoms with Crippen molar-refractivity contribution < 1.29 is 17.9 Å². The minimum Gasteiger partial charge on any atom is -0.372 e. The molecule has 9 heteroatoms. The van der Waals surface area contributed by atoms with E-state index >= 15 is 0 Å². The molecular weight excluding hydrogens is 378 g/mol. The van der Waals surface area contributed by atoms with Crippen molar-refractivity contribution in [3.63, 3.8) is 0 Å².